The van der Waals surface area contributed by atoms with Crippen LogP contribution in [0.15, 0.2) is 0 Å². The molecule has 0 amide bonds. The minimum Gasteiger partial charge on any atom is -0.330 e. The van der Waals surface area contributed by atoms with Crippen LogP contribution in [0.5, 0.6) is 0 Å². The van der Waals surface area contributed by atoms with Gasteiger partial charge in [-0.3, -0.25) is 0 Å². The molecule has 58 valence electrons. The van der Waals surface area contributed by atoms with Gasteiger partial charge in [0, 0.05) is 0 Å². The number of hydrogen-bond donors (Lipinski definition) is 1. The van der Waals surface area contributed by atoms with Crippen LogP contribution in [0.3, 0.4) is 0 Å². The lowest BCUT2D eigenvalue weighted by molar-refractivity contribution is 0.727. The van der Waals surface area contributed by atoms with Crippen LogP contribution in [-0.2, 0) is 0 Å². The molecule has 2 N–H and O–H groups in total. The fourth-order valence-corrected chi connectivity index (χ4v) is 0.394. The molecule has 0 unspecified atom stereocenters. The average Bonchev–Trinajstić information content (AvgIpc) is 1.86. The second-order valence-electron chi connectivity index (χ2n) is 2.20. The van der Waals surface area contributed by atoms with E-state index in [1.165, 1.54) is 25.7 Å². The minimum atomic E-state index is 0.855. The van der Waals surface area contributed by atoms with Crippen molar-refractivity contribution in [2.45, 2.75) is 46.5 Å². The smallest absolute Gasteiger partial charge is 0.00773 e. The average molecular weight is 131 g/mol. The first-order chi connectivity index (χ1) is 4.33. The van der Waals surface area contributed by atoms with E-state index in [4.69, 9.17) is 5.73 Å². The van der Waals surface area contributed by atoms with Crippen molar-refractivity contribution in [2.24, 2.45) is 5.73 Å². The molecule has 0 aromatic rings. The molecule has 0 rings (SSSR count). The highest BCUT2D eigenvalue weighted by atomic mass is 14.5. The van der Waals surface area contributed by atoms with E-state index in [0.717, 1.165) is 6.54 Å². The van der Waals surface area contributed by atoms with Crippen molar-refractivity contribution in [3.63, 3.8) is 0 Å². The van der Waals surface area contributed by atoms with Crippen molar-refractivity contribution in [1.29, 1.82) is 0 Å². The van der Waals surface area contributed by atoms with E-state index in [-0.39, 0.29) is 0 Å². The molecular formula is C8H21N. The zero-order valence-corrected chi connectivity index (χ0v) is 7.11. The molecule has 0 aliphatic carbocycles. The second kappa shape index (κ2) is 15.7. The van der Waals surface area contributed by atoms with Gasteiger partial charge in [0.05, 0.1) is 0 Å². The number of nitrogens with two attached hydrogens (primary N) is 1. The Balaban J connectivity index is 0. The van der Waals surface area contributed by atoms with Crippen molar-refractivity contribution in [2.75, 3.05) is 6.54 Å². The summed E-state index contributed by atoms with van der Waals surface area (Å²) in [6, 6.07) is 0. The van der Waals surface area contributed by atoms with E-state index < -0.39 is 0 Å². The van der Waals surface area contributed by atoms with E-state index in [0.29, 0.717) is 0 Å². The molecule has 0 saturated carbocycles. The summed E-state index contributed by atoms with van der Waals surface area (Å²) in [5.41, 5.74) is 5.21. The van der Waals surface area contributed by atoms with Gasteiger partial charge < -0.3 is 5.73 Å². The molecule has 0 aliphatic heterocycles. The molecular weight excluding hydrogens is 110 g/mol. The first kappa shape index (κ1) is 11.7. The van der Waals surface area contributed by atoms with Crippen LogP contribution in [0.25, 0.3) is 0 Å². The maximum absolute atomic E-state index is 5.21. The zero-order valence-electron chi connectivity index (χ0n) is 7.11. The molecule has 0 atom stereocenters. The van der Waals surface area contributed by atoms with Gasteiger partial charge in [0.25, 0.3) is 0 Å². The fraction of sp³-hybridized carbons (Fsp3) is 1.00. The van der Waals surface area contributed by atoms with Crippen molar-refractivity contribution in [1.82, 2.24) is 0 Å². The van der Waals surface area contributed by atoms with Crippen LogP contribution >= 0.6 is 0 Å². The topological polar surface area (TPSA) is 26.0 Å². The monoisotopic (exact) mass is 131 g/mol. The van der Waals surface area contributed by atoms with Crippen LogP contribution < -0.4 is 5.73 Å². The van der Waals surface area contributed by atoms with E-state index in [9.17, 15) is 0 Å². The van der Waals surface area contributed by atoms with Crippen molar-refractivity contribution in [3.05, 3.63) is 0 Å². The van der Waals surface area contributed by atoms with Gasteiger partial charge in [-0.15, -0.1) is 0 Å². The Morgan fingerprint density at radius 1 is 1.00 bits per heavy atom. The Morgan fingerprint density at radius 3 is 1.56 bits per heavy atom. The number of rotatable bonds is 3. The summed E-state index contributed by atoms with van der Waals surface area (Å²) in [6.45, 7) is 7.28. The molecule has 0 spiro atoms. The predicted molar refractivity (Wildman–Crippen MR) is 44.5 cm³/mol. The van der Waals surface area contributed by atoms with E-state index in [1.807, 2.05) is 0 Å². The van der Waals surface area contributed by atoms with Gasteiger partial charge in [0.15, 0.2) is 0 Å². The summed E-state index contributed by atoms with van der Waals surface area (Å²) in [5.74, 6) is 0. The number of hydrogen-bond acceptors (Lipinski definition) is 1. The van der Waals surface area contributed by atoms with Gasteiger partial charge in [-0.25, -0.2) is 0 Å². The standard InChI is InChI=1S/C5H13N.C3H8/c1-2-3-4-5-6;1-3-2/h2-6H2,1H3;3H2,1-2H3. The van der Waals surface area contributed by atoms with Gasteiger partial charge in [-0.05, 0) is 13.0 Å². The van der Waals surface area contributed by atoms with E-state index in [2.05, 4.69) is 20.8 Å². The quantitative estimate of drug-likeness (QED) is 0.585. The van der Waals surface area contributed by atoms with Gasteiger partial charge in [0.1, 0.15) is 0 Å². The Morgan fingerprint density at radius 2 is 1.44 bits per heavy atom. The molecule has 0 aromatic heterocycles. The molecule has 9 heavy (non-hydrogen) atoms. The van der Waals surface area contributed by atoms with Gasteiger partial charge in [-0.1, -0.05) is 40.0 Å². The lowest BCUT2D eigenvalue weighted by Crippen LogP contribution is -1.96. The van der Waals surface area contributed by atoms with Crippen LogP contribution in [0, 0.1) is 0 Å². The molecule has 0 heterocycles. The second-order valence-corrected chi connectivity index (χ2v) is 2.20. The van der Waals surface area contributed by atoms with Gasteiger partial charge >= 0.3 is 0 Å². The van der Waals surface area contributed by atoms with Crippen LogP contribution in [0.1, 0.15) is 46.5 Å². The molecule has 1 nitrogen and oxygen atoms in total. The summed E-state index contributed by atoms with van der Waals surface area (Å²) >= 11 is 0. The minimum absolute atomic E-state index is 0.855. The third-order valence-corrected chi connectivity index (χ3v) is 0.808. The maximum atomic E-state index is 5.21. The third-order valence-electron chi connectivity index (χ3n) is 0.808. The summed E-state index contributed by atoms with van der Waals surface area (Å²) < 4.78 is 0. The first-order valence-electron chi connectivity index (χ1n) is 4.03. The first-order valence-corrected chi connectivity index (χ1v) is 4.03. The summed E-state index contributed by atoms with van der Waals surface area (Å²) in [6.07, 6.45) is 5.00. The van der Waals surface area contributed by atoms with Crippen molar-refractivity contribution < 1.29 is 0 Å². The normalized spacial score (nSPS) is 8.00. The molecule has 0 aromatic carbocycles. The maximum Gasteiger partial charge on any atom is -0.00773 e. The number of unbranched alkanes of at least 4 members (excludes halogenated alkanes) is 2. The van der Waals surface area contributed by atoms with E-state index >= 15 is 0 Å². The zero-order chi connectivity index (χ0) is 7.54. The highest BCUT2D eigenvalue weighted by molar-refractivity contribution is 4.34. The molecule has 0 aliphatic rings. The molecule has 1 heteroatoms. The summed E-state index contributed by atoms with van der Waals surface area (Å²) in [7, 11) is 0. The van der Waals surface area contributed by atoms with Gasteiger partial charge in [-0.2, -0.15) is 0 Å². The van der Waals surface area contributed by atoms with Gasteiger partial charge in [0.2, 0.25) is 0 Å². The SMILES string of the molecule is CCC.CCCCCN. The molecule has 0 saturated heterocycles. The molecule has 0 fully saturated rings. The highest BCUT2D eigenvalue weighted by Gasteiger charge is 1.75. The predicted octanol–water partition coefficient (Wildman–Crippen LogP) is 2.55. The Labute approximate surface area is 59.6 Å². The van der Waals surface area contributed by atoms with Crippen LogP contribution in [-0.4, -0.2) is 6.54 Å². The fourth-order valence-electron chi connectivity index (χ4n) is 0.394. The highest BCUT2D eigenvalue weighted by Crippen LogP contribution is 1.88. The van der Waals surface area contributed by atoms with Crippen LogP contribution in [0.4, 0.5) is 0 Å². The largest absolute Gasteiger partial charge is 0.330 e. The lowest BCUT2D eigenvalue weighted by atomic mass is 10.3. The lowest BCUT2D eigenvalue weighted by Gasteiger charge is -1.86. The molecule has 0 bridgehead atoms. The summed E-state index contributed by atoms with van der Waals surface area (Å²) in [4.78, 5) is 0. The molecule has 0 radical (unpaired) electrons. The Kier molecular flexibility index (Phi) is 20.4. The van der Waals surface area contributed by atoms with Crippen LogP contribution in [0.2, 0.25) is 0 Å². The third kappa shape index (κ3) is 32.3. The van der Waals surface area contributed by atoms with E-state index in [1.54, 1.807) is 0 Å². The van der Waals surface area contributed by atoms with Crippen molar-refractivity contribution in [3.8, 4) is 0 Å². The Bertz CT molecular complexity index is 23.7. The van der Waals surface area contributed by atoms with Crippen molar-refractivity contribution >= 4 is 0 Å². The summed E-state index contributed by atoms with van der Waals surface area (Å²) in [5, 5.41) is 0. The Hall–Kier alpha value is -0.0400.